The predicted octanol–water partition coefficient (Wildman–Crippen LogP) is 2.10. The quantitative estimate of drug-likeness (QED) is 0.458. The van der Waals surface area contributed by atoms with Crippen molar-refractivity contribution in [3.63, 3.8) is 0 Å². The van der Waals surface area contributed by atoms with Crippen LogP contribution in [0.25, 0.3) is 0 Å². The molecular weight excluding hydrogens is 208 g/mol. The molecule has 0 spiro atoms. The van der Waals surface area contributed by atoms with Crippen molar-refractivity contribution in [2.75, 3.05) is 11.9 Å². The summed E-state index contributed by atoms with van der Waals surface area (Å²) >= 11 is 0. The van der Waals surface area contributed by atoms with Gasteiger partial charge in [-0.3, -0.25) is 10.1 Å². The summed E-state index contributed by atoms with van der Waals surface area (Å²) in [5, 5.41) is 18.2. The van der Waals surface area contributed by atoms with Gasteiger partial charge in [0.25, 0.3) is 0 Å². The Hall–Kier alpha value is -1.59. The lowest BCUT2D eigenvalue weighted by atomic mass is 10.3. The van der Waals surface area contributed by atoms with E-state index < -0.39 is 0 Å². The van der Waals surface area contributed by atoms with Crippen LogP contribution in [0.5, 0.6) is 0 Å². The Kier molecular flexibility index (Phi) is 4.28. The minimum Gasteiger partial charge on any atom is -0.365 e. The van der Waals surface area contributed by atoms with E-state index in [2.05, 4.69) is 17.3 Å². The lowest BCUT2D eigenvalue weighted by Gasteiger charge is -2.04. The summed E-state index contributed by atoms with van der Waals surface area (Å²) in [6.07, 6.45) is 2.61. The molecule has 1 aromatic rings. The van der Waals surface area contributed by atoms with E-state index in [1.807, 2.05) is 6.92 Å². The highest BCUT2D eigenvalue weighted by molar-refractivity contribution is 5.59. The third-order valence-electron chi connectivity index (χ3n) is 2.43. The number of nitrogens with one attached hydrogen (secondary N) is 1. The highest BCUT2D eigenvalue weighted by atomic mass is 16.6. The Labute approximate surface area is 94.8 Å². The van der Waals surface area contributed by atoms with E-state index in [0.29, 0.717) is 17.9 Å². The van der Waals surface area contributed by atoms with Gasteiger partial charge in [0.05, 0.1) is 4.92 Å². The molecule has 0 amide bonds. The van der Waals surface area contributed by atoms with Crippen LogP contribution >= 0.6 is 0 Å². The van der Waals surface area contributed by atoms with Gasteiger partial charge in [-0.2, -0.15) is 5.10 Å². The van der Waals surface area contributed by atoms with E-state index in [9.17, 15) is 10.1 Å². The molecule has 0 saturated heterocycles. The van der Waals surface area contributed by atoms with Gasteiger partial charge in [0.1, 0.15) is 5.69 Å². The molecule has 1 rings (SSSR count). The van der Waals surface area contributed by atoms with Crippen molar-refractivity contribution in [2.24, 2.45) is 7.05 Å². The third kappa shape index (κ3) is 2.50. The van der Waals surface area contributed by atoms with Gasteiger partial charge in [0.2, 0.25) is 5.82 Å². The lowest BCUT2D eigenvalue weighted by molar-refractivity contribution is -0.384. The fourth-order valence-corrected chi connectivity index (χ4v) is 1.58. The molecule has 0 radical (unpaired) electrons. The fraction of sp³-hybridized carbons (Fsp3) is 0.700. The molecule has 0 aliphatic rings. The molecule has 0 aliphatic carbocycles. The molecule has 0 atom stereocenters. The normalized spacial score (nSPS) is 10.4. The van der Waals surface area contributed by atoms with Crippen molar-refractivity contribution in [2.45, 2.75) is 33.1 Å². The first kappa shape index (κ1) is 12.5. The Morgan fingerprint density at radius 2 is 2.19 bits per heavy atom. The van der Waals surface area contributed by atoms with Crippen LogP contribution in [-0.2, 0) is 13.5 Å². The summed E-state index contributed by atoms with van der Waals surface area (Å²) < 4.78 is 1.55. The minimum atomic E-state index is -0.361. The van der Waals surface area contributed by atoms with Gasteiger partial charge in [0.15, 0.2) is 0 Å². The lowest BCUT2D eigenvalue weighted by Crippen LogP contribution is -2.07. The summed E-state index contributed by atoms with van der Waals surface area (Å²) in [7, 11) is 1.72. The van der Waals surface area contributed by atoms with Crippen molar-refractivity contribution in [1.29, 1.82) is 0 Å². The van der Waals surface area contributed by atoms with Crippen LogP contribution in [0.4, 0.5) is 11.5 Å². The monoisotopic (exact) mass is 226 g/mol. The van der Waals surface area contributed by atoms with E-state index in [1.165, 1.54) is 0 Å². The fourth-order valence-electron chi connectivity index (χ4n) is 1.58. The number of hydrogen-bond acceptors (Lipinski definition) is 4. The summed E-state index contributed by atoms with van der Waals surface area (Å²) in [5.74, 6) is 0.510. The summed E-state index contributed by atoms with van der Waals surface area (Å²) in [4.78, 5) is 10.6. The van der Waals surface area contributed by atoms with E-state index in [0.717, 1.165) is 19.4 Å². The predicted molar refractivity (Wildman–Crippen MR) is 62.6 cm³/mol. The van der Waals surface area contributed by atoms with Crippen molar-refractivity contribution in [3.8, 4) is 0 Å². The molecule has 0 unspecified atom stereocenters. The number of nitro groups is 1. The molecule has 1 N–H and O–H groups in total. The van der Waals surface area contributed by atoms with Crippen LogP contribution in [0.1, 0.15) is 32.4 Å². The van der Waals surface area contributed by atoms with Crippen LogP contribution < -0.4 is 5.32 Å². The van der Waals surface area contributed by atoms with Crippen LogP contribution in [0.15, 0.2) is 0 Å². The SMILES string of the molecule is CCCCNc1c([N+](=O)[O-])c(CC)nn1C. The van der Waals surface area contributed by atoms with E-state index >= 15 is 0 Å². The maximum absolute atomic E-state index is 11.0. The molecule has 0 saturated carbocycles. The number of unbranched alkanes of at least 4 members (excludes halogenated alkanes) is 1. The molecule has 6 heteroatoms. The molecule has 0 aromatic carbocycles. The average Bonchev–Trinajstić information content (AvgIpc) is 2.56. The number of anilines is 1. The third-order valence-corrected chi connectivity index (χ3v) is 2.43. The van der Waals surface area contributed by atoms with Crippen LogP contribution in [0, 0.1) is 10.1 Å². The topological polar surface area (TPSA) is 73.0 Å². The second kappa shape index (κ2) is 5.48. The van der Waals surface area contributed by atoms with Gasteiger partial charge in [-0.25, -0.2) is 4.68 Å². The number of aromatic nitrogens is 2. The molecule has 16 heavy (non-hydrogen) atoms. The number of aryl methyl sites for hydroxylation is 2. The molecule has 6 nitrogen and oxygen atoms in total. The molecule has 90 valence electrons. The van der Waals surface area contributed by atoms with Crippen molar-refractivity contribution >= 4 is 11.5 Å². The second-order valence-electron chi connectivity index (χ2n) is 3.66. The van der Waals surface area contributed by atoms with Crippen molar-refractivity contribution in [1.82, 2.24) is 9.78 Å². The molecule has 0 aliphatic heterocycles. The van der Waals surface area contributed by atoms with Crippen molar-refractivity contribution < 1.29 is 4.92 Å². The Balaban J connectivity index is 2.96. The van der Waals surface area contributed by atoms with Gasteiger partial charge < -0.3 is 5.32 Å². The number of rotatable bonds is 6. The first-order valence-corrected chi connectivity index (χ1v) is 5.55. The maximum Gasteiger partial charge on any atom is 0.333 e. The van der Waals surface area contributed by atoms with Crippen LogP contribution in [0.3, 0.4) is 0 Å². The average molecular weight is 226 g/mol. The molecule has 1 aromatic heterocycles. The standard InChI is InChI=1S/C10H18N4O2/c1-4-6-7-11-10-9(14(15)16)8(5-2)12-13(10)3/h11H,4-7H2,1-3H3. The number of hydrogen-bond donors (Lipinski definition) is 1. The first-order valence-electron chi connectivity index (χ1n) is 5.55. The van der Waals surface area contributed by atoms with Gasteiger partial charge in [0, 0.05) is 13.6 Å². The van der Waals surface area contributed by atoms with Crippen molar-refractivity contribution in [3.05, 3.63) is 15.8 Å². The van der Waals surface area contributed by atoms with E-state index in [1.54, 1.807) is 11.7 Å². The number of nitrogens with zero attached hydrogens (tertiary/aromatic N) is 3. The molecule has 1 heterocycles. The van der Waals surface area contributed by atoms with Gasteiger partial charge in [-0.15, -0.1) is 0 Å². The zero-order valence-electron chi connectivity index (χ0n) is 9.99. The molecular formula is C10H18N4O2. The summed E-state index contributed by atoms with van der Waals surface area (Å²) in [6.45, 7) is 4.68. The highest BCUT2D eigenvalue weighted by Crippen LogP contribution is 2.28. The second-order valence-corrected chi connectivity index (χ2v) is 3.66. The van der Waals surface area contributed by atoms with E-state index in [4.69, 9.17) is 0 Å². The Bertz CT molecular complexity index is 373. The first-order chi connectivity index (χ1) is 7.61. The Morgan fingerprint density at radius 1 is 1.50 bits per heavy atom. The van der Waals surface area contributed by atoms with Crippen LogP contribution in [0.2, 0.25) is 0 Å². The van der Waals surface area contributed by atoms with Gasteiger partial charge in [-0.1, -0.05) is 20.3 Å². The zero-order valence-corrected chi connectivity index (χ0v) is 9.99. The highest BCUT2D eigenvalue weighted by Gasteiger charge is 2.24. The Morgan fingerprint density at radius 3 is 2.69 bits per heavy atom. The van der Waals surface area contributed by atoms with Crippen LogP contribution in [-0.4, -0.2) is 21.2 Å². The summed E-state index contributed by atoms with van der Waals surface area (Å²) in [5.41, 5.74) is 0.646. The summed E-state index contributed by atoms with van der Waals surface area (Å²) in [6, 6.07) is 0. The van der Waals surface area contributed by atoms with E-state index in [-0.39, 0.29) is 10.6 Å². The molecule has 0 fully saturated rings. The zero-order chi connectivity index (χ0) is 12.1. The van der Waals surface area contributed by atoms with Gasteiger partial charge >= 0.3 is 5.69 Å². The van der Waals surface area contributed by atoms with Gasteiger partial charge in [-0.05, 0) is 12.8 Å². The minimum absolute atomic E-state index is 0.112. The maximum atomic E-state index is 11.0. The largest absolute Gasteiger partial charge is 0.365 e. The molecule has 0 bridgehead atoms. The smallest absolute Gasteiger partial charge is 0.333 e.